The molecule has 0 radical (unpaired) electrons. The van der Waals surface area contributed by atoms with Gasteiger partial charge in [-0.1, -0.05) is 42.5 Å². The van der Waals surface area contributed by atoms with Gasteiger partial charge in [-0.05, 0) is 24.6 Å². The van der Waals surface area contributed by atoms with Crippen LogP contribution in [0.3, 0.4) is 0 Å². The van der Waals surface area contributed by atoms with Crippen molar-refractivity contribution in [3.05, 3.63) is 65.2 Å². The molecule has 4 nitrogen and oxygen atoms in total. The van der Waals surface area contributed by atoms with E-state index in [4.69, 9.17) is 10.5 Å². The number of rotatable bonds is 5. The van der Waals surface area contributed by atoms with Crippen LogP contribution < -0.4 is 5.73 Å². The fourth-order valence-electron chi connectivity index (χ4n) is 2.26. The van der Waals surface area contributed by atoms with Gasteiger partial charge >= 0.3 is 0 Å². The van der Waals surface area contributed by atoms with Crippen LogP contribution in [0.1, 0.15) is 29.7 Å². The second-order valence-electron chi connectivity index (χ2n) is 4.99. The summed E-state index contributed by atoms with van der Waals surface area (Å²) in [6.07, 6.45) is -1.08. The van der Waals surface area contributed by atoms with Gasteiger partial charge in [0, 0.05) is 0 Å². The van der Waals surface area contributed by atoms with Crippen LogP contribution in [0.2, 0.25) is 0 Å². The number of hydrogen-bond acceptors (Lipinski definition) is 4. The number of carbonyl (C=O) groups is 1. The normalized spacial score (nSPS) is 13.9. The van der Waals surface area contributed by atoms with Gasteiger partial charge in [0.15, 0.2) is 6.10 Å². The highest BCUT2D eigenvalue weighted by Gasteiger charge is 2.23. The van der Waals surface area contributed by atoms with Crippen LogP contribution in [-0.4, -0.2) is 10.9 Å². The Morgan fingerprint density at radius 1 is 1.14 bits per heavy atom. The third-order valence-electron chi connectivity index (χ3n) is 3.36. The van der Waals surface area contributed by atoms with Crippen LogP contribution in [0.25, 0.3) is 10.2 Å². The first-order valence-corrected chi connectivity index (χ1v) is 7.82. The molecule has 0 bridgehead atoms. The Bertz CT molecular complexity index is 752. The standard InChI is InChI=1S/C17H16N2O2S/c1-11(17-19-13-9-5-6-10-14(13)22-17)21-15(16(18)20)12-7-3-2-4-8-12/h2-11,15H,1H3,(H2,18,20). The van der Waals surface area contributed by atoms with Crippen LogP contribution in [0.4, 0.5) is 0 Å². The highest BCUT2D eigenvalue weighted by atomic mass is 32.1. The number of ether oxygens (including phenoxy) is 1. The van der Waals surface area contributed by atoms with E-state index in [9.17, 15) is 4.79 Å². The minimum absolute atomic E-state index is 0.310. The van der Waals surface area contributed by atoms with Crippen LogP contribution in [-0.2, 0) is 9.53 Å². The van der Waals surface area contributed by atoms with Crippen LogP contribution in [0.5, 0.6) is 0 Å². The van der Waals surface area contributed by atoms with Crippen molar-refractivity contribution in [2.75, 3.05) is 0 Å². The maximum atomic E-state index is 11.7. The molecule has 2 aromatic carbocycles. The van der Waals surface area contributed by atoms with Crippen LogP contribution in [0, 0.1) is 0 Å². The first kappa shape index (κ1) is 14.7. The van der Waals surface area contributed by atoms with E-state index in [0.29, 0.717) is 0 Å². The average molecular weight is 312 g/mol. The molecule has 22 heavy (non-hydrogen) atoms. The monoisotopic (exact) mass is 312 g/mol. The van der Waals surface area contributed by atoms with E-state index in [2.05, 4.69) is 4.98 Å². The lowest BCUT2D eigenvalue weighted by Crippen LogP contribution is -2.24. The molecule has 2 unspecified atom stereocenters. The van der Waals surface area contributed by atoms with E-state index in [1.54, 1.807) is 11.3 Å². The number of benzene rings is 2. The average Bonchev–Trinajstić information content (AvgIpc) is 2.97. The van der Waals surface area contributed by atoms with E-state index in [1.165, 1.54) is 0 Å². The summed E-state index contributed by atoms with van der Waals surface area (Å²) >= 11 is 1.57. The van der Waals surface area contributed by atoms with Crippen molar-refractivity contribution in [3.8, 4) is 0 Å². The molecule has 1 heterocycles. The topological polar surface area (TPSA) is 65.2 Å². The molecule has 0 aliphatic heterocycles. The smallest absolute Gasteiger partial charge is 0.251 e. The van der Waals surface area contributed by atoms with Gasteiger partial charge in [0.1, 0.15) is 11.1 Å². The molecule has 0 saturated heterocycles. The Hall–Kier alpha value is -2.24. The zero-order chi connectivity index (χ0) is 15.5. The SMILES string of the molecule is CC(OC(C(N)=O)c1ccccc1)c1nc2ccccc2s1. The lowest BCUT2D eigenvalue weighted by molar-refractivity contribution is -0.133. The first-order valence-electron chi connectivity index (χ1n) is 7.00. The second-order valence-corrected chi connectivity index (χ2v) is 6.05. The lowest BCUT2D eigenvalue weighted by Gasteiger charge is -2.19. The number of hydrogen-bond donors (Lipinski definition) is 1. The fraction of sp³-hybridized carbons (Fsp3) is 0.176. The molecule has 2 atom stereocenters. The minimum Gasteiger partial charge on any atom is -0.367 e. The number of carbonyl (C=O) groups excluding carboxylic acids is 1. The van der Waals surface area contributed by atoms with Crippen LogP contribution in [0.15, 0.2) is 54.6 Å². The van der Waals surface area contributed by atoms with E-state index in [-0.39, 0.29) is 6.10 Å². The van der Waals surface area contributed by atoms with Gasteiger partial charge < -0.3 is 10.5 Å². The van der Waals surface area contributed by atoms with Gasteiger partial charge in [0.05, 0.1) is 10.2 Å². The number of thiazole rings is 1. The third-order valence-corrected chi connectivity index (χ3v) is 4.56. The molecule has 5 heteroatoms. The zero-order valence-electron chi connectivity index (χ0n) is 12.1. The number of para-hydroxylation sites is 1. The van der Waals surface area contributed by atoms with E-state index in [0.717, 1.165) is 20.8 Å². The summed E-state index contributed by atoms with van der Waals surface area (Å²) in [6.45, 7) is 1.89. The largest absolute Gasteiger partial charge is 0.367 e. The first-order chi connectivity index (χ1) is 10.6. The molecule has 3 aromatic rings. The lowest BCUT2D eigenvalue weighted by atomic mass is 10.1. The highest BCUT2D eigenvalue weighted by molar-refractivity contribution is 7.18. The third kappa shape index (κ3) is 3.00. The molecule has 1 aromatic heterocycles. The highest BCUT2D eigenvalue weighted by Crippen LogP contribution is 2.31. The molecule has 0 aliphatic carbocycles. The number of amides is 1. The predicted molar refractivity (Wildman–Crippen MR) is 87.5 cm³/mol. The Morgan fingerprint density at radius 3 is 2.50 bits per heavy atom. The zero-order valence-corrected chi connectivity index (χ0v) is 12.9. The molecule has 112 valence electrons. The molecular formula is C17H16N2O2S. The summed E-state index contributed by atoms with van der Waals surface area (Å²) in [5.74, 6) is -0.501. The van der Waals surface area contributed by atoms with E-state index >= 15 is 0 Å². The quantitative estimate of drug-likeness (QED) is 0.783. The van der Waals surface area contributed by atoms with E-state index in [1.807, 2.05) is 61.5 Å². The van der Waals surface area contributed by atoms with Crippen molar-refractivity contribution in [3.63, 3.8) is 0 Å². The summed E-state index contributed by atoms with van der Waals surface area (Å²) in [4.78, 5) is 16.3. The van der Waals surface area contributed by atoms with Crippen LogP contribution >= 0.6 is 11.3 Å². The molecule has 2 N–H and O–H groups in total. The van der Waals surface area contributed by atoms with E-state index < -0.39 is 12.0 Å². The molecule has 0 fully saturated rings. The second kappa shape index (κ2) is 6.25. The molecule has 0 saturated carbocycles. The Kier molecular flexibility index (Phi) is 4.18. The number of fused-ring (bicyclic) bond motifs is 1. The molecule has 3 rings (SSSR count). The van der Waals surface area contributed by atoms with Crippen molar-refractivity contribution in [1.82, 2.24) is 4.98 Å². The minimum atomic E-state index is -0.775. The van der Waals surface area contributed by atoms with Gasteiger partial charge in [0.25, 0.3) is 5.91 Å². The van der Waals surface area contributed by atoms with Crippen molar-refractivity contribution < 1.29 is 9.53 Å². The summed E-state index contributed by atoms with van der Waals surface area (Å²) < 4.78 is 6.99. The summed E-state index contributed by atoms with van der Waals surface area (Å²) in [7, 11) is 0. The van der Waals surface area contributed by atoms with Crippen molar-refractivity contribution >= 4 is 27.5 Å². The van der Waals surface area contributed by atoms with Gasteiger partial charge in [-0.15, -0.1) is 11.3 Å². The number of nitrogens with zero attached hydrogens (tertiary/aromatic N) is 1. The van der Waals surface area contributed by atoms with Gasteiger partial charge in [-0.25, -0.2) is 4.98 Å². The summed E-state index contributed by atoms with van der Waals surface area (Å²) in [5, 5.41) is 0.836. The van der Waals surface area contributed by atoms with Crippen molar-refractivity contribution in [2.24, 2.45) is 5.73 Å². The molecule has 0 spiro atoms. The summed E-state index contributed by atoms with van der Waals surface area (Å²) in [5.41, 5.74) is 7.18. The number of nitrogens with two attached hydrogens (primary N) is 1. The maximum Gasteiger partial charge on any atom is 0.251 e. The Morgan fingerprint density at radius 2 is 1.82 bits per heavy atom. The Balaban J connectivity index is 1.84. The molecular weight excluding hydrogens is 296 g/mol. The van der Waals surface area contributed by atoms with Gasteiger partial charge in [-0.2, -0.15) is 0 Å². The number of primary amides is 1. The predicted octanol–water partition coefficient (Wildman–Crippen LogP) is 3.60. The fourth-order valence-corrected chi connectivity index (χ4v) is 3.22. The van der Waals surface area contributed by atoms with Gasteiger partial charge in [-0.3, -0.25) is 4.79 Å². The molecule has 1 amide bonds. The van der Waals surface area contributed by atoms with Crippen molar-refractivity contribution in [1.29, 1.82) is 0 Å². The maximum absolute atomic E-state index is 11.7. The number of aromatic nitrogens is 1. The molecule has 0 aliphatic rings. The van der Waals surface area contributed by atoms with Gasteiger partial charge in [0.2, 0.25) is 0 Å². The summed E-state index contributed by atoms with van der Waals surface area (Å²) in [6, 6.07) is 17.2. The Labute approximate surface area is 132 Å². The van der Waals surface area contributed by atoms with Crippen molar-refractivity contribution in [2.45, 2.75) is 19.1 Å².